The summed E-state index contributed by atoms with van der Waals surface area (Å²) in [5, 5.41) is 3.04. The predicted molar refractivity (Wildman–Crippen MR) is 157 cm³/mol. The molecule has 1 aliphatic heterocycles. The number of carbonyl (C=O) groups excluding carboxylic acids is 3. The Labute approximate surface area is 242 Å². The zero-order valence-corrected chi connectivity index (χ0v) is 24.8. The van der Waals surface area contributed by atoms with Crippen molar-refractivity contribution in [2.45, 2.75) is 70.0 Å². The maximum Gasteiger partial charge on any atom is 0.269 e. The fourth-order valence-electron chi connectivity index (χ4n) is 4.95. The second kappa shape index (κ2) is 12.3. The van der Waals surface area contributed by atoms with Crippen LogP contribution in [0.15, 0.2) is 83.8 Å². The number of hydrogen-bond donors (Lipinski definition) is 1. The van der Waals surface area contributed by atoms with Crippen LogP contribution in [-0.2, 0) is 32.6 Å². The lowest BCUT2D eigenvalue weighted by Crippen LogP contribution is -2.54. The van der Waals surface area contributed by atoms with E-state index < -0.39 is 27.5 Å². The molecule has 1 atom stereocenters. The van der Waals surface area contributed by atoms with Gasteiger partial charge in [0.2, 0.25) is 11.8 Å². The Morgan fingerprint density at radius 3 is 2.22 bits per heavy atom. The number of nitrogens with one attached hydrogen (secondary N) is 1. The van der Waals surface area contributed by atoms with Crippen molar-refractivity contribution in [2.24, 2.45) is 0 Å². The molecule has 9 heteroatoms. The molecule has 0 saturated carbocycles. The van der Waals surface area contributed by atoms with E-state index in [9.17, 15) is 22.8 Å². The topological polar surface area (TPSA) is 104 Å². The number of sulfonamides is 1. The van der Waals surface area contributed by atoms with E-state index in [1.807, 2.05) is 82.3 Å². The third kappa shape index (κ3) is 7.03. The zero-order valence-electron chi connectivity index (χ0n) is 24.0. The minimum atomic E-state index is -3.96. The van der Waals surface area contributed by atoms with Crippen LogP contribution >= 0.6 is 0 Å². The number of benzene rings is 3. The maximum absolute atomic E-state index is 13.9. The van der Waals surface area contributed by atoms with Gasteiger partial charge in [-0.25, -0.2) is 12.7 Å². The molecule has 41 heavy (non-hydrogen) atoms. The van der Waals surface area contributed by atoms with E-state index in [1.165, 1.54) is 12.1 Å². The molecule has 0 aliphatic carbocycles. The van der Waals surface area contributed by atoms with Gasteiger partial charge in [-0.1, -0.05) is 66.7 Å². The first kappa shape index (κ1) is 30.0. The molecule has 0 radical (unpaired) electrons. The van der Waals surface area contributed by atoms with E-state index in [0.717, 1.165) is 21.0 Å². The van der Waals surface area contributed by atoms with Crippen molar-refractivity contribution in [3.8, 4) is 0 Å². The van der Waals surface area contributed by atoms with Gasteiger partial charge in [0.15, 0.2) is 0 Å². The van der Waals surface area contributed by atoms with Crippen LogP contribution in [0.2, 0.25) is 0 Å². The van der Waals surface area contributed by atoms with Crippen molar-refractivity contribution in [1.29, 1.82) is 0 Å². The van der Waals surface area contributed by atoms with Gasteiger partial charge in [-0.3, -0.25) is 14.4 Å². The van der Waals surface area contributed by atoms with Gasteiger partial charge in [0.1, 0.15) is 10.9 Å². The Kier molecular flexibility index (Phi) is 8.97. The highest BCUT2D eigenvalue weighted by Crippen LogP contribution is 2.30. The van der Waals surface area contributed by atoms with Crippen LogP contribution in [0.3, 0.4) is 0 Å². The molecule has 0 unspecified atom stereocenters. The first-order valence-corrected chi connectivity index (χ1v) is 15.2. The number of carbonyl (C=O) groups is 3. The Bertz CT molecular complexity index is 1530. The van der Waals surface area contributed by atoms with Crippen molar-refractivity contribution in [1.82, 2.24) is 14.5 Å². The SMILES string of the molecule is Cc1ccccc1CN(C(=O)CCCN1C(=O)c2ccccc2S1(=O)=O)[C@H](Cc1ccccc1)C(=O)NC(C)(C)C. The fraction of sp³-hybridized carbons (Fsp3) is 0.344. The van der Waals surface area contributed by atoms with Crippen LogP contribution in [0.1, 0.15) is 60.7 Å². The second-order valence-electron chi connectivity index (χ2n) is 11.4. The van der Waals surface area contributed by atoms with Crippen molar-refractivity contribution in [2.75, 3.05) is 6.54 Å². The summed E-state index contributed by atoms with van der Waals surface area (Å²) in [4.78, 5) is 42.0. The minimum Gasteiger partial charge on any atom is -0.350 e. The van der Waals surface area contributed by atoms with E-state index in [2.05, 4.69) is 5.32 Å². The van der Waals surface area contributed by atoms with E-state index in [0.29, 0.717) is 6.42 Å². The van der Waals surface area contributed by atoms with E-state index in [-0.39, 0.29) is 48.2 Å². The van der Waals surface area contributed by atoms with E-state index >= 15 is 0 Å². The second-order valence-corrected chi connectivity index (χ2v) is 13.2. The first-order valence-electron chi connectivity index (χ1n) is 13.7. The van der Waals surface area contributed by atoms with Gasteiger partial charge in [0.05, 0.1) is 5.56 Å². The van der Waals surface area contributed by atoms with Crippen LogP contribution in [0.4, 0.5) is 0 Å². The van der Waals surface area contributed by atoms with Gasteiger partial charge in [0.25, 0.3) is 15.9 Å². The molecule has 4 rings (SSSR count). The quantitative estimate of drug-likeness (QED) is 0.384. The first-order chi connectivity index (χ1) is 19.4. The Balaban J connectivity index is 1.59. The lowest BCUT2D eigenvalue weighted by Gasteiger charge is -2.34. The molecule has 1 aliphatic rings. The van der Waals surface area contributed by atoms with E-state index in [4.69, 9.17) is 0 Å². The summed E-state index contributed by atoms with van der Waals surface area (Å²) in [6, 6.07) is 22.6. The molecular weight excluding hydrogens is 538 g/mol. The highest BCUT2D eigenvalue weighted by Gasteiger charge is 2.40. The summed E-state index contributed by atoms with van der Waals surface area (Å²) in [5.41, 5.74) is 2.45. The molecule has 3 amide bonds. The number of hydrogen-bond acceptors (Lipinski definition) is 5. The molecular formula is C32H37N3O5S. The molecule has 0 aromatic heterocycles. The Morgan fingerprint density at radius 1 is 0.927 bits per heavy atom. The minimum absolute atomic E-state index is 0.0146. The lowest BCUT2D eigenvalue weighted by atomic mass is 9.99. The molecule has 0 bridgehead atoms. The molecule has 3 aromatic rings. The number of aryl methyl sites for hydroxylation is 1. The molecule has 3 aromatic carbocycles. The van der Waals surface area contributed by atoms with Gasteiger partial charge >= 0.3 is 0 Å². The standard InChI is InChI=1S/C32H37N3O5S/c1-23-13-8-9-16-25(23)22-34(27(30(37)33-32(2,3)4)21-24-14-6-5-7-15-24)29(36)19-12-20-35-31(38)26-17-10-11-18-28(26)41(35,39)40/h5-11,13-18,27H,12,19-22H2,1-4H3,(H,33,37)/t27-/m1/s1. The summed E-state index contributed by atoms with van der Waals surface area (Å²) in [6.45, 7) is 7.72. The van der Waals surface area contributed by atoms with Crippen molar-refractivity contribution in [3.05, 3.63) is 101 Å². The van der Waals surface area contributed by atoms with Crippen LogP contribution in [0.5, 0.6) is 0 Å². The Morgan fingerprint density at radius 2 is 1.56 bits per heavy atom. The van der Waals surface area contributed by atoms with Crippen molar-refractivity contribution < 1.29 is 22.8 Å². The summed E-state index contributed by atoms with van der Waals surface area (Å²) < 4.78 is 26.8. The Hall–Kier alpha value is -3.98. The summed E-state index contributed by atoms with van der Waals surface area (Å²) in [7, 11) is -3.96. The fourth-order valence-corrected chi connectivity index (χ4v) is 6.55. The molecule has 8 nitrogen and oxygen atoms in total. The predicted octanol–water partition coefficient (Wildman–Crippen LogP) is 4.47. The van der Waals surface area contributed by atoms with Crippen molar-refractivity contribution >= 4 is 27.7 Å². The van der Waals surface area contributed by atoms with Crippen LogP contribution < -0.4 is 5.32 Å². The number of nitrogens with zero attached hydrogens (tertiary/aromatic N) is 2. The number of rotatable bonds is 10. The smallest absolute Gasteiger partial charge is 0.269 e. The average molecular weight is 576 g/mol. The van der Waals surface area contributed by atoms with Gasteiger partial charge < -0.3 is 10.2 Å². The monoisotopic (exact) mass is 575 g/mol. The lowest BCUT2D eigenvalue weighted by molar-refractivity contribution is -0.142. The van der Waals surface area contributed by atoms with Crippen LogP contribution in [0.25, 0.3) is 0 Å². The zero-order chi connectivity index (χ0) is 29.8. The van der Waals surface area contributed by atoms with Gasteiger partial charge in [0, 0.05) is 31.5 Å². The largest absolute Gasteiger partial charge is 0.350 e. The molecule has 1 N–H and O–H groups in total. The average Bonchev–Trinajstić information content (AvgIpc) is 3.11. The molecule has 0 saturated heterocycles. The normalized spacial score (nSPS) is 14.8. The van der Waals surface area contributed by atoms with Gasteiger partial charge in [-0.15, -0.1) is 0 Å². The van der Waals surface area contributed by atoms with Gasteiger partial charge in [-0.05, 0) is 62.9 Å². The van der Waals surface area contributed by atoms with Crippen LogP contribution in [-0.4, -0.2) is 53.5 Å². The molecule has 216 valence electrons. The van der Waals surface area contributed by atoms with Crippen LogP contribution in [0, 0.1) is 6.92 Å². The summed E-state index contributed by atoms with van der Waals surface area (Å²) >= 11 is 0. The summed E-state index contributed by atoms with van der Waals surface area (Å²) in [5.74, 6) is -1.15. The number of fused-ring (bicyclic) bond motifs is 1. The third-order valence-corrected chi connectivity index (χ3v) is 8.88. The van der Waals surface area contributed by atoms with Gasteiger partial charge in [-0.2, -0.15) is 0 Å². The highest BCUT2D eigenvalue weighted by atomic mass is 32.2. The molecule has 0 fully saturated rings. The molecule has 0 spiro atoms. The van der Waals surface area contributed by atoms with Crippen molar-refractivity contribution in [3.63, 3.8) is 0 Å². The number of amides is 3. The van der Waals surface area contributed by atoms with E-state index in [1.54, 1.807) is 17.0 Å². The summed E-state index contributed by atoms with van der Waals surface area (Å²) in [6.07, 6.45) is 0.408. The maximum atomic E-state index is 13.9. The highest BCUT2D eigenvalue weighted by molar-refractivity contribution is 7.90. The molecule has 1 heterocycles. The third-order valence-electron chi connectivity index (χ3n) is 7.04.